The first kappa shape index (κ1) is 12.3. The SMILES string of the molecule is CCOC(=O)c1nnc(C)n1CCc1ccco1. The number of rotatable bonds is 5. The zero-order chi connectivity index (χ0) is 13.0. The van der Waals surface area contributed by atoms with Crippen LogP contribution in [0.3, 0.4) is 0 Å². The predicted molar refractivity (Wildman–Crippen MR) is 63.1 cm³/mol. The zero-order valence-electron chi connectivity index (χ0n) is 10.4. The molecule has 0 unspecified atom stereocenters. The Morgan fingerprint density at radius 2 is 2.33 bits per heavy atom. The van der Waals surface area contributed by atoms with Crippen molar-refractivity contribution in [2.75, 3.05) is 6.61 Å². The summed E-state index contributed by atoms with van der Waals surface area (Å²) in [6.45, 7) is 4.47. The summed E-state index contributed by atoms with van der Waals surface area (Å²) in [5.74, 6) is 1.33. The van der Waals surface area contributed by atoms with Crippen molar-refractivity contribution in [1.82, 2.24) is 14.8 Å². The van der Waals surface area contributed by atoms with Crippen molar-refractivity contribution in [1.29, 1.82) is 0 Å². The van der Waals surface area contributed by atoms with Crippen molar-refractivity contribution in [3.05, 3.63) is 35.8 Å². The summed E-state index contributed by atoms with van der Waals surface area (Å²) in [6, 6.07) is 3.73. The van der Waals surface area contributed by atoms with Gasteiger partial charge in [0.2, 0.25) is 5.82 Å². The Kier molecular flexibility index (Phi) is 3.76. The predicted octanol–water partition coefficient (Wildman–Crippen LogP) is 1.60. The first-order valence-corrected chi connectivity index (χ1v) is 5.81. The molecule has 2 rings (SSSR count). The first-order valence-electron chi connectivity index (χ1n) is 5.81. The Balaban J connectivity index is 2.11. The molecular formula is C12H15N3O3. The largest absolute Gasteiger partial charge is 0.469 e. The van der Waals surface area contributed by atoms with Crippen LogP contribution in [-0.4, -0.2) is 27.3 Å². The summed E-state index contributed by atoms with van der Waals surface area (Å²) < 4.78 is 11.9. The van der Waals surface area contributed by atoms with Crippen LogP contribution in [0.1, 0.15) is 29.1 Å². The average Bonchev–Trinajstić information content (AvgIpc) is 2.96. The Morgan fingerprint density at radius 1 is 1.50 bits per heavy atom. The van der Waals surface area contributed by atoms with Gasteiger partial charge in [0.05, 0.1) is 12.9 Å². The number of nitrogens with zero attached hydrogens (tertiary/aromatic N) is 3. The van der Waals surface area contributed by atoms with Crippen molar-refractivity contribution >= 4 is 5.97 Å². The number of hydrogen-bond donors (Lipinski definition) is 0. The lowest BCUT2D eigenvalue weighted by molar-refractivity contribution is 0.0505. The van der Waals surface area contributed by atoms with E-state index < -0.39 is 5.97 Å². The van der Waals surface area contributed by atoms with Gasteiger partial charge >= 0.3 is 5.97 Å². The summed E-state index contributed by atoms with van der Waals surface area (Å²) in [5.41, 5.74) is 0. The molecule has 2 aromatic heterocycles. The maximum Gasteiger partial charge on any atom is 0.376 e. The molecule has 0 fully saturated rings. The second kappa shape index (κ2) is 5.48. The lowest BCUT2D eigenvalue weighted by Crippen LogP contribution is -2.15. The van der Waals surface area contributed by atoms with E-state index in [-0.39, 0.29) is 5.82 Å². The van der Waals surface area contributed by atoms with Gasteiger partial charge in [-0.15, -0.1) is 10.2 Å². The van der Waals surface area contributed by atoms with Crippen molar-refractivity contribution in [3.8, 4) is 0 Å². The molecule has 0 aliphatic heterocycles. The fraction of sp³-hybridized carbons (Fsp3) is 0.417. The Morgan fingerprint density at radius 3 is 3.00 bits per heavy atom. The minimum absolute atomic E-state index is 0.237. The second-order valence-corrected chi connectivity index (χ2v) is 3.77. The van der Waals surface area contributed by atoms with Crippen molar-refractivity contribution in [3.63, 3.8) is 0 Å². The smallest absolute Gasteiger partial charge is 0.376 e. The van der Waals surface area contributed by atoms with Gasteiger partial charge in [0, 0.05) is 13.0 Å². The zero-order valence-corrected chi connectivity index (χ0v) is 10.4. The lowest BCUT2D eigenvalue weighted by Gasteiger charge is -2.06. The quantitative estimate of drug-likeness (QED) is 0.753. The highest BCUT2D eigenvalue weighted by molar-refractivity contribution is 5.85. The number of aromatic nitrogens is 3. The molecule has 0 amide bonds. The monoisotopic (exact) mass is 249 g/mol. The summed E-state index contributed by atoms with van der Waals surface area (Å²) in [5, 5.41) is 7.74. The summed E-state index contributed by atoms with van der Waals surface area (Å²) in [6.07, 6.45) is 2.30. The maximum absolute atomic E-state index is 11.7. The molecule has 2 aromatic rings. The molecular weight excluding hydrogens is 234 g/mol. The van der Waals surface area contributed by atoms with Crippen LogP contribution in [0.5, 0.6) is 0 Å². The number of esters is 1. The minimum Gasteiger partial charge on any atom is -0.469 e. The van der Waals surface area contributed by atoms with Gasteiger partial charge in [-0.05, 0) is 26.0 Å². The molecule has 0 saturated heterocycles. The summed E-state index contributed by atoms with van der Waals surface area (Å²) in [4.78, 5) is 11.7. The van der Waals surface area contributed by atoms with E-state index in [1.807, 2.05) is 12.1 Å². The van der Waals surface area contributed by atoms with Crippen LogP contribution in [0.2, 0.25) is 0 Å². The molecule has 0 bridgehead atoms. The molecule has 0 atom stereocenters. The third-order valence-electron chi connectivity index (χ3n) is 2.56. The van der Waals surface area contributed by atoms with Crippen molar-refractivity contribution < 1.29 is 13.9 Å². The van der Waals surface area contributed by atoms with Crippen LogP contribution in [0.25, 0.3) is 0 Å². The number of ether oxygens (including phenoxy) is 1. The highest BCUT2D eigenvalue weighted by Crippen LogP contribution is 2.07. The van der Waals surface area contributed by atoms with Crippen LogP contribution >= 0.6 is 0 Å². The van der Waals surface area contributed by atoms with E-state index in [0.717, 1.165) is 5.76 Å². The third-order valence-corrected chi connectivity index (χ3v) is 2.56. The Hall–Kier alpha value is -2.11. The second-order valence-electron chi connectivity index (χ2n) is 3.77. The molecule has 0 N–H and O–H groups in total. The lowest BCUT2D eigenvalue weighted by atomic mass is 10.3. The van der Waals surface area contributed by atoms with E-state index in [0.29, 0.717) is 25.4 Å². The van der Waals surface area contributed by atoms with Crippen LogP contribution in [0.15, 0.2) is 22.8 Å². The number of carbonyl (C=O) groups excluding carboxylic acids is 1. The van der Waals surface area contributed by atoms with Gasteiger partial charge in [0.1, 0.15) is 11.6 Å². The minimum atomic E-state index is -0.447. The normalized spacial score (nSPS) is 10.6. The van der Waals surface area contributed by atoms with Gasteiger partial charge in [-0.2, -0.15) is 0 Å². The number of carbonyl (C=O) groups is 1. The highest BCUT2D eigenvalue weighted by atomic mass is 16.5. The Bertz CT molecular complexity index is 517. The molecule has 6 nitrogen and oxygen atoms in total. The van der Waals surface area contributed by atoms with Crippen LogP contribution in [-0.2, 0) is 17.7 Å². The fourth-order valence-corrected chi connectivity index (χ4v) is 1.67. The molecule has 6 heteroatoms. The first-order chi connectivity index (χ1) is 8.72. The summed E-state index contributed by atoms with van der Waals surface area (Å²) in [7, 11) is 0. The molecule has 0 radical (unpaired) electrons. The average molecular weight is 249 g/mol. The number of furan rings is 1. The topological polar surface area (TPSA) is 70.2 Å². The molecule has 2 heterocycles. The van der Waals surface area contributed by atoms with Crippen LogP contribution in [0, 0.1) is 6.92 Å². The molecule has 96 valence electrons. The van der Waals surface area contributed by atoms with Gasteiger partial charge in [0.25, 0.3) is 0 Å². The van der Waals surface area contributed by atoms with Gasteiger partial charge in [-0.25, -0.2) is 4.79 Å². The number of aryl methyl sites for hydroxylation is 2. The van der Waals surface area contributed by atoms with Gasteiger partial charge in [-0.3, -0.25) is 0 Å². The highest BCUT2D eigenvalue weighted by Gasteiger charge is 2.17. The van der Waals surface area contributed by atoms with Gasteiger partial charge < -0.3 is 13.7 Å². The van der Waals surface area contributed by atoms with Crippen LogP contribution < -0.4 is 0 Å². The van der Waals surface area contributed by atoms with E-state index in [9.17, 15) is 4.79 Å². The molecule has 0 spiro atoms. The van der Waals surface area contributed by atoms with E-state index in [1.165, 1.54) is 0 Å². The molecule has 0 aliphatic rings. The maximum atomic E-state index is 11.7. The van der Waals surface area contributed by atoms with E-state index in [1.54, 1.807) is 24.7 Å². The standard InChI is InChI=1S/C12H15N3O3/c1-3-17-12(16)11-14-13-9(2)15(11)7-6-10-5-4-8-18-10/h4-5,8H,3,6-7H2,1-2H3. The Labute approximate surface area is 105 Å². The number of hydrogen-bond acceptors (Lipinski definition) is 5. The molecule has 18 heavy (non-hydrogen) atoms. The van der Waals surface area contributed by atoms with E-state index in [4.69, 9.17) is 9.15 Å². The van der Waals surface area contributed by atoms with Crippen LogP contribution in [0.4, 0.5) is 0 Å². The van der Waals surface area contributed by atoms with Gasteiger partial charge in [0.15, 0.2) is 0 Å². The molecule has 0 saturated carbocycles. The summed E-state index contributed by atoms with van der Waals surface area (Å²) >= 11 is 0. The van der Waals surface area contributed by atoms with Gasteiger partial charge in [-0.1, -0.05) is 0 Å². The third kappa shape index (κ3) is 2.58. The van der Waals surface area contributed by atoms with E-state index >= 15 is 0 Å². The molecule has 0 aliphatic carbocycles. The molecule has 0 aromatic carbocycles. The fourth-order valence-electron chi connectivity index (χ4n) is 1.67. The van der Waals surface area contributed by atoms with Crippen molar-refractivity contribution in [2.45, 2.75) is 26.8 Å². The van der Waals surface area contributed by atoms with Crippen molar-refractivity contribution in [2.24, 2.45) is 0 Å². The van der Waals surface area contributed by atoms with E-state index in [2.05, 4.69) is 10.2 Å².